The van der Waals surface area contributed by atoms with Crippen molar-refractivity contribution < 1.29 is 14.3 Å². The first-order chi connectivity index (χ1) is 9.01. The number of rotatable bonds is 6. The van der Waals surface area contributed by atoms with Crippen molar-refractivity contribution in [2.24, 2.45) is 11.8 Å². The summed E-state index contributed by atoms with van der Waals surface area (Å²) in [6.45, 7) is 6.09. The van der Waals surface area contributed by atoms with Gasteiger partial charge in [-0.25, -0.2) is 0 Å². The predicted molar refractivity (Wildman–Crippen MR) is 72.6 cm³/mol. The number of nitrogens with one attached hydrogen (secondary N) is 2. The summed E-state index contributed by atoms with van der Waals surface area (Å²) >= 11 is 0. The number of hydrogen-bond donors (Lipinski definition) is 2. The summed E-state index contributed by atoms with van der Waals surface area (Å²) in [5, 5.41) is 5.86. The Morgan fingerprint density at radius 1 is 1.42 bits per heavy atom. The first-order valence-electron chi connectivity index (χ1n) is 6.78. The van der Waals surface area contributed by atoms with Crippen molar-refractivity contribution in [2.75, 3.05) is 40.4 Å². The molecule has 3 unspecified atom stereocenters. The van der Waals surface area contributed by atoms with Gasteiger partial charge in [0.15, 0.2) is 0 Å². The summed E-state index contributed by atoms with van der Waals surface area (Å²) < 4.78 is 5.38. The summed E-state index contributed by atoms with van der Waals surface area (Å²) in [6.07, 6.45) is 0. The van der Waals surface area contributed by atoms with Gasteiger partial charge < -0.3 is 20.3 Å². The van der Waals surface area contributed by atoms with E-state index in [1.807, 2.05) is 13.8 Å². The van der Waals surface area contributed by atoms with E-state index in [1.54, 1.807) is 19.0 Å². The lowest BCUT2D eigenvalue weighted by molar-refractivity contribution is -0.136. The highest BCUT2D eigenvalue weighted by Crippen LogP contribution is 2.16. The second-order valence-electron chi connectivity index (χ2n) is 5.04. The van der Waals surface area contributed by atoms with Crippen LogP contribution in [0.25, 0.3) is 0 Å². The molecule has 1 heterocycles. The summed E-state index contributed by atoms with van der Waals surface area (Å²) in [7, 11) is 3.34. The molecule has 0 aromatic carbocycles. The van der Waals surface area contributed by atoms with Crippen LogP contribution in [0, 0.1) is 11.8 Å². The van der Waals surface area contributed by atoms with E-state index < -0.39 is 0 Å². The van der Waals surface area contributed by atoms with E-state index >= 15 is 0 Å². The first-order valence-corrected chi connectivity index (χ1v) is 6.78. The van der Waals surface area contributed by atoms with E-state index in [-0.39, 0.29) is 29.7 Å². The number of carbonyl (C=O) groups excluding carboxylic acids is 2. The monoisotopic (exact) mass is 271 g/mol. The summed E-state index contributed by atoms with van der Waals surface area (Å²) in [6, 6.07) is 0.0789. The molecule has 110 valence electrons. The van der Waals surface area contributed by atoms with Crippen LogP contribution in [0.1, 0.15) is 13.8 Å². The third-order valence-electron chi connectivity index (χ3n) is 3.48. The fourth-order valence-corrected chi connectivity index (χ4v) is 2.37. The van der Waals surface area contributed by atoms with Crippen LogP contribution in [0.5, 0.6) is 0 Å². The number of ether oxygens (including phenoxy) is 1. The third-order valence-corrected chi connectivity index (χ3v) is 3.48. The maximum absolute atomic E-state index is 12.4. The predicted octanol–water partition coefficient (Wildman–Crippen LogP) is -0.549. The molecule has 6 nitrogen and oxygen atoms in total. The quantitative estimate of drug-likeness (QED) is 0.680. The van der Waals surface area contributed by atoms with E-state index in [4.69, 9.17) is 4.74 Å². The average molecular weight is 271 g/mol. The van der Waals surface area contributed by atoms with E-state index in [0.717, 1.165) is 6.54 Å². The Morgan fingerprint density at radius 3 is 2.68 bits per heavy atom. The van der Waals surface area contributed by atoms with Gasteiger partial charge in [0, 0.05) is 26.7 Å². The van der Waals surface area contributed by atoms with Gasteiger partial charge in [-0.2, -0.15) is 0 Å². The molecule has 0 radical (unpaired) electrons. The van der Waals surface area contributed by atoms with Crippen LogP contribution in [0.4, 0.5) is 0 Å². The highest BCUT2D eigenvalue weighted by Gasteiger charge is 2.35. The van der Waals surface area contributed by atoms with E-state index in [0.29, 0.717) is 19.8 Å². The molecule has 0 aromatic heterocycles. The van der Waals surface area contributed by atoms with Gasteiger partial charge in [0.1, 0.15) is 0 Å². The molecule has 0 saturated carbocycles. The molecule has 1 rings (SSSR count). The van der Waals surface area contributed by atoms with Gasteiger partial charge in [-0.15, -0.1) is 0 Å². The van der Waals surface area contributed by atoms with Crippen LogP contribution in [0.15, 0.2) is 0 Å². The molecule has 3 atom stereocenters. The fourth-order valence-electron chi connectivity index (χ4n) is 2.37. The normalized spacial score (nSPS) is 24.0. The van der Waals surface area contributed by atoms with Crippen LogP contribution in [0.3, 0.4) is 0 Å². The van der Waals surface area contributed by atoms with Gasteiger partial charge in [-0.1, -0.05) is 13.8 Å². The Balaban J connectivity index is 2.54. The Bertz CT molecular complexity index is 322. The Hall–Kier alpha value is -1.14. The fraction of sp³-hybridized carbons (Fsp3) is 0.846. The van der Waals surface area contributed by atoms with Gasteiger partial charge in [0.05, 0.1) is 25.0 Å². The van der Waals surface area contributed by atoms with Crippen LogP contribution in [-0.4, -0.2) is 63.2 Å². The SMILES string of the molecule is CCNC1COCC1C(=O)N(C)CC(C)C(=O)NC. The van der Waals surface area contributed by atoms with Crippen molar-refractivity contribution in [1.29, 1.82) is 0 Å². The molecule has 2 amide bonds. The lowest BCUT2D eigenvalue weighted by Crippen LogP contribution is -2.46. The topological polar surface area (TPSA) is 70.7 Å². The van der Waals surface area contributed by atoms with Gasteiger partial charge >= 0.3 is 0 Å². The van der Waals surface area contributed by atoms with Gasteiger partial charge in [-0.05, 0) is 6.54 Å². The molecular weight excluding hydrogens is 246 g/mol. The van der Waals surface area contributed by atoms with Crippen LogP contribution >= 0.6 is 0 Å². The highest BCUT2D eigenvalue weighted by molar-refractivity contribution is 5.82. The lowest BCUT2D eigenvalue weighted by Gasteiger charge is -2.26. The smallest absolute Gasteiger partial charge is 0.229 e. The molecule has 1 saturated heterocycles. The standard InChI is InChI=1S/C13H25N3O3/c1-5-15-11-8-19-7-10(11)13(18)16(4)6-9(2)12(17)14-3/h9-11,15H,5-8H2,1-4H3,(H,14,17). The van der Waals surface area contributed by atoms with Crippen molar-refractivity contribution in [3.63, 3.8) is 0 Å². The Morgan fingerprint density at radius 2 is 2.11 bits per heavy atom. The largest absolute Gasteiger partial charge is 0.379 e. The number of carbonyl (C=O) groups is 2. The van der Waals surface area contributed by atoms with Crippen molar-refractivity contribution in [3.8, 4) is 0 Å². The number of amides is 2. The second-order valence-corrected chi connectivity index (χ2v) is 5.04. The van der Waals surface area contributed by atoms with Crippen molar-refractivity contribution >= 4 is 11.8 Å². The minimum Gasteiger partial charge on any atom is -0.379 e. The summed E-state index contributed by atoms with van der Waals surface area (Å²) in [5.41, 5.74) is 0. The molecule has 6 heteroatoms. The zero-order valence-electron chi connectivity index (χ0n) is 12.2. The van der Waals surface area contributed by atoms with Crippen molar-refractivity contribution in [1.82, 2.24) is 15.5 Å². The Kier molecular flexibility index (Phi) is 6.24. The van der Waals surface area contributed by atoms with Gasteiger partial charge in [0.2, 0.25) is 11.8 Å². The molecule has 19 heavy (non-hydrogen) atoms. The zero-order chi connectivity index (χ0) is 14.4. The molecule has 0 aromatic rings. The third kappa shape index (κ3) is 4.18. The Labute approximate surface area is 114 Å². The molecule has 1 aliphatic heterocycles. The van der Waals surface area contributed by atoms with Crippen LogP contribution in [0.2, 0.25) is 0 Å². The molecule has 1 fully saturated rings. The molecule has 2 N–H and O–H groups in total. The van der Waals surface area contributed by atoms with Crippen molar-refractivity contribution in [2.45, 2.75) is 19.9 Å². The number of likely N-dealkylation sites (N-methyl/N-ethyl adjacent to an activating group) is 1. The summed E-state index contributed by atoms with van der Waals surface area (Å²) in [5.74, 6) is -0.370. The maximum atomic E-state index is 12.4. The van der Waals surface area contributed by atoms with Crippen LogP contribution < -0.4 is 10.6 Å². The second kappa shape index (κ2) is 7.45. The van der Waals surface area contributed by atoms with E-state index in [1.165, 1.54) is 0 Å². The maximum Gasteiger partial charge on any atom is 0.229 e. The highest BCUT2D eigenvalue weighted by atomic mass is 16.5. The van der Waals surface area contributed by atoms with Gasteiger partial charge in [0.25, 0.3) is 0 Å². The summed E-state index contributed by atoms with van der Waals surface area (Å²) in [4.78, 5) is 25.5. The zero-order valence-corrected chi connectivity index (χ0v) is 12.2. The van der Waals surface area contributed by atoms with Gasteiger partial charge in [-0.3, -0.25) is 9.59 Å². The van der Waals surface area contributed by atoms with E-state index in [9.17, 15) is 9.59 Å². The number of nitrogens with zero attached hydrogens (tertiary/aromatic N) is 1. The number of hydrogen-bond acceptors (Lipinski definition) is 4. The van der Waals surface area contributed by atoms with Crippen LogP contribution in [-0.2, 0) is 14.3 Å². The molecular formula is C13H25N3O3. The van der Waals surface area contributed by atoms with Crippen molar-refractivity contribution in [3.05, 3.63) is 0 Å². The molecule has 0 aliphatic carbocycles. The first kappa shape index (κ1) is 15.9. The minimum atomic E-state index is -0.209. The minimum absolute atomic E-state index is 0.0409. The lowest BCUT2D eigenvalue weighted by atomic mass is 10.0. The molecule has 1 aliphatic rings. The average Bonchev–Trinajstić information content (AvgIpc) is 2.85. The van der Waals surface area contributed by atoms with E-state index in [2.05, 4.69) is 10.6 Å². The molecule has 0 spiro atoms. The molecule has 0 bridgehead atoms.